The average Bonchev–Trinajstić information content (AvgIpc) is 3.54. The molecule has 1 fully saturated rings. The maximum absolute atomic E-state index is 14.7. The van der Waals surface area contributed by atoms with E-state index in [9.17, 15) is 14.7 Å². The van der Waals surface area contributed by atoms with Crippen molar-refractivity contribution in [3.8, 4) is 22.7 Å². The SMILES string of the molecule is C/C(O)=c1\c(N)nc2c(OC(=O)C3C(C(C)(C)C)CC(C)CC3C(C)(C)C)c(-c3ccc(Cl)cc3)c(-n3cccn3)n2c1=O. The summed E-state index contributed by atoms with van der Waals surface area (Å²) >= 11 is 6.26. The number of ether oxygens (including phenoxy) is 1. The first-order valence-electron chi connectivity index (χ1n) is 15.1. The number of benzene rings is 1. The lowest BCUT2D eigenvalue weighted by Gasteiger charge is -2.49. The number of nitrogen functional groups attached to an aromatic ring is 1. The molecule has 0 amide bonds. The first-order chi connectivity index (χ1) is 20.5. The number of carbonyl (C=O) groups excluding carboxylic acids is 1. The summed E-state index contributed by atoms with van der Waals surface area (Å²) in [6, 6.07) is 8.75. The number of rotatable bonds is 4. The largest absolute Gasteiger partial charge is 0.512 e. The topological polar surface area (TPSA) is 125 Å². The van der Waals surface area contributed by atoms with Crippen molar-refractivity contribution < 1.29 is 14.6 Å². The number of hydrogen-bond acceptors (Lipinski definition) is 7. The molecular weight excluding hydrogens is 578 g/mol. The molecule has 2 unspecified atom stereocenters. The first kappa shape index (κ1) is 31.6. The second kappa shape index (κ2) is 11.3. The predicted octanol–water partition coefficient (Wildman–Crippen LogP) is 6.46. The Morgan fingerprint density at radius 1 is 1.07 bits per heavy atom. The van der Waals surface area contributed by atoms with Crippen molar-refractivity contribution in [2.75, 3.05) is 5.73 Å². The van der Waals surface area contributed by atoms with Gasteiger partial charge in [-0.2, -0.15) is 5.10 Å². The summed E-state index contributed by atoms with van der Waals surface area (Å²) in [7, 11) is 0. The standard InChI is InChI=1S/C34H42ClN5O4/c1-18-16-22(33(3,4)5)26(23(17-18)34(6,7)8)32(43)44-27-25(20-10-12-21(35)13-11-20)30(39-15-9-14-37-39)40-29(27)38-28(36)24(19(2)41)31(40)42/h9-15,18,22-23,26,41H,16-17H2,1-8H3,(H2,36,38)/b24-19-. The molecule has 2 atom stereocenters. The molecule has 3 aromatic heterocycles. The minimum atomic E-state index is -0.609. The van der Waals surface area contributed by atoms with Gasteiger partial charge >= 0.3 is 5.97 Å². The highest BCUT2D eigenvalue weighted by molar-refractivity contribution is 6.30. The van der Waals surface area contributed by atoms with E-state index in [2.05, 4.69) is 58.5 Å². The monoisotopic (exact) mass is 619 g/mol. The van der Waals surface area contributed by atoms with Crippen molar-refractivity contribution in [1.29, 1.82) is 0 Å². The Morgan fingerprint density at radius 2 is 1.66 bits per heavy atom. The minimum absolute atomic E-state index is 0.0603. The van der Waals surface area contributed by atoms with Crippen LogP contribution in [0.5, 0.6) is 5.75 Å². The molecular formula is C34H42ClN5O4. The van der Waals surface area contributed by atoms with Gasteiger partial charge in [-0.3, -0.25) is 9.59 Å². The zero-order chi connectivity index (χ0) is 32.3. The van der Waals surface area contributed by atoms with E-state index in [0.29, 0.717) is 27.9 Å². The normalized spacial score (nSPS) is 21.8. The molecule has 4 aromatic rings. The number of aliphatic hydroxyl groups excluding tert-OH is 1. The third-order valence-corrected chi connectivity index (χ3v) is 9.32. The third kappa shape index (κ3) is 5.58. The van der Waals surface area contributed by atoms with Crippen molar-refractivity contribution in [1.82, 2.24) is 19.2 Å². The Labute approximate surface area is 262 Å². The van der Waals surface area contributed by atoms with Crippen LogP contribution in [-0.4, -0.2) is 30.2 Å². The van der Waals surface area contributed by atoms with Gasteiger partial charge in [-0.15, -0.1) is 0 Å². The van der Waals surface area contributed by atoms with Gasteiger partial charge < -0.3 is 15.6 Å². The van der Waals surface area contributed by atoms with E-state index in [4.69, 9.17) is 22.1 Å². The van der Waals surface area contributed by atoms with E-state index in [1.54, 1.807) is 42.7 Å². The van der Waals surface area contributed by atoms with E-state index in [1.807, 2.05) is 0 Å². The van der Waals surface area contributed by atoms with Crippen molar-refractivity contribution in [2.24, 2.45) is 34.5 Å². The van der Waals surface area contributed by atoms with E-state index >= 15 is 0 Å². The maximum Gasteiger partial charge on any atom is 0.315 e. The van der Waals surface area contributed by atoms with Crippen LogP contribution in [-0.2, 0) is 4.79 Å². The molecule has 1 aliphatic rings. The summed E-state index contributed by atoms with van der Waals surface area (Å²) in [4.78, 5) is 33.2. The molecule has 5 rings (SSSR count). The Hall–Kier alpha value is -3.85. The highest BCUT2D eigenvalue weighted by Gasteiger charge is 2.50. The lowest BCUT2D eigenvalue weighted by molar-refractivity contribution is -0.152. The zero-order valence-electron chi connectivity index (χ0n) is 26.7. The second-order valence-electron chi connectivity index (χ2n) is 14.4. The summed E-state index contributed by atoms with van der Waals surface area (Å²) in [5, 5.41) is 15.2. The first-order valence-corrected chi connectivity index (χ1v) is 15.4. The van der Waals surface area contributed by atoms with Crippen LogP contribution in [0.1, 0.15) is 68.2 Å². The molecule has 0 aliphatic heterocycles. The summed E-state index contributed by atoms with van der Waals surface area (Å²) in [5.41, 5.74) is 6.46. The molecule has 44 heavy (non-hydrogen) atoms. The lowest BCUT2D eigenvalue weighted by Crippen LogP contribution is -2.48. The average molecular weight is 620 g/mol. The third-order valence-electron chi connectivity index (χ3n) is 9.07. The van der Waals surface area contributed by atoms with Crippen LogP contribution in [0.15, 0.2) is 47.5 Å². The zero-order valence-corrected chi connectivity index (χ0v) is 27.4. The fraction of sp³-hybridized carbons (Fsp3) is 0.471. The van der Waals surface area contributed by atoms with Crippen LogP contribution in [0.2, 0.25) is 5.02 Å². The van der Waals surface area contributed by atoms with Crippen LogP contribution in [0.4, 0.5) is 5.82 Å². The van der Waals surface area contributed by atoms with Gasteiger partial charge in [-0.05, 0) is 72.1 Å². The fourth-order valence-corrected chi connectivity index (χ4v) is 7.08. The molecule has 1 aliphatic carbocycles. The van der Waals surface area contributed by atoms with E-state index in [1.165, 1.54) is 16.0 Å². The molecule has 3 N–H and O–H groups in total. The molecule has 10 heteroatoms. The van der Waals surface area contributed by atoms with Crippen LogP contribution in [0, 0.1) is 34.5 Å². The van der Waals surface area contributed by atoms with Gasteiger partial charge in [0.05, 0.1) is 11.5 Å². The second-order valence-corrected chi connectivity index (χ2v) is 14.8. The number of fused-ring (bicyclic) bond motifs is 1. The molecule has 0 saturated heterocycles. The number of nitrogens with zero attached hydrogens (tertiary/aromatic N) is 4. The highest BCUT2D eigenvalue weighted by atomic mass is 35.5. The predicted molar refractivity (Wildman–Crippen MR) is 174 cm³/mol. The molecule has 9 nitrogen and oxygen atoms in total. The van der Waals surface area contributed by atoms with Gasteiger partial charge in [0, 0.05) is 17.4 Å². The molecule has 234 valence electrons. The van der Waals surface area contributed by atoms with Gasteiger partial charge in [-0.25, -0.2) is 14.1 Å². The van der Waals surface area contributed by atoms with Gasteiger partial charge in [0.2, 0.25) is 0 Å². The maximum atomic E-state index is 14.7. The van der Waals surface area contributed by atoms with Crippen LogP contribution < -0.4 is 21.2 Å². The summed E-state index contributed by atoms with van der Waals surface area (Å²) in [6.07, 6.45) is 5.08. The molecule has 3 heterocycles. The molecule has 0 bridgehead atoms. The number of carbonyl (C=O) groups is 1. The van der Waals surface area contributed by atoms with Crippen LogP contribution >= 0.6 is 11.6 Å². The van der Waals surface area contributed by atoms with Crippen LogP contribution in [0.3, 0.4) is 0 Å². The Balaban J connectivity index is 1.83. The summed E-state index contributed by atoms with van der Waals surface area (Å²) < 4.78 is 9.32. The number of aromatic nitrogens is 4. The summed E-state index contributed by atoms with van der Waals surface area (Å²) in [6.45, 7) is 16.7. The molecule has 0 spiro atoms. The van der Waals surface area contributed by atoms with Crippen molar-refractivity contribution in [3.05, 3.63) is 63.3 Å². The number of hydrogen-bond donors (Lipinski definition) is 2. The van der Waals surface area contributed by atoms with Crippen molar-refractivity contribution in [2.45, 2.75) is 68.2 Å². The minimum Gasteiger partial charge on any atom is -0.512 e. The summed E-state index contributed by atoms with van der Waals surface area (Å²) in [5.74, 6) is -0.221. The number of esters is 1. The fourth-order valence-electron chi connectivity index (χ4n) is 6.95. The molecule has 1 aromatic carbocycles. The Bertz CT molecular complexity index is 1790. The van der Waals surface area contributed by atoms with Crippen molar-refractivity contribution in [3.63, 3.8) is 0 Å². The van der Waals surface area contributed by atoms with Crippen molar-refractivity contribution >= 4 is 34.8 Å². The van der Waals surface area contributed by atoms with Gasteiger partial charge in [-0.1, -0.05) is 72.2 Å². The number of nitrogens with two attached hydrogens (primary N) is 1. The van der Waals surface area contributed by atoms with E-state index in [0.717, 1.165) is 12.8 Å². The Kier molecular flexibility index (Phi) is 8.08. The smallest absolute Gasteiger partial charge is 0.315 e. The van der Waals surface area contributed by atoms with Gasteiger partial charge in [0.15, 0.2) is 17.2 Å². The number of halogens is 1. The van der Waals surface area contributed by atoms with E-state index in [-0.39, 0.29) is 56.8 Å². The molecule has 0 radical (unpaired) electrons. The number of aliphatic hydroxyl groups is 1. The lowest BCUT2D eigenvalue weighted by atomic mass is 9.55. The van der Waals surface area contributed by atoms with Gasteiger partial charge in [0.25, 0.3) is 5.56 Å². The number of anilines is 1. The van der Waals surface area contributed by atoms with E-state index < -0.39 is 11.5 Å². The highest BCUT2D eigenvalue weighted by Crippen LogP contribution is 2.53. The van der Waals surface area contributed by atoms with Gasteiger partial charge in [0.1, 0.15) is 16.8 Å². The Morgan fingerprint density at radius 3 is 2.16 bits per heavy atom. The quantitative estimate of drug-likeness (QED) is 0.251. The molecule has 1 saturated carbocycles. The van der Waals surface area contributed by atoms with Crippen LogP contribution in [0.25, 0.3) is 28.4 Å².